The van der Waals surface area contributed by atoms with Crippen LogP contribution in [0.1, 0.15) is 61.6 Å². The number of aliphatic hydroxyl groups excluding tert-OH is 3. The van der Waals surface area contributed by atoms with Crippen LogP contribution in [0, 0.1) is 22.0 Å². The Bertz CT molecular complexity index is 1220. The predicted molar refractivity (Wildman–Crippen MR) is 151 cm³/mol. The first-order chi connectivity index (χ1) is 20.9. The molecule has 1 saturated carbocycles. The van der Waals surface area contributed by atoms with Crippen LogP contribution in [0.25, 0.3) is 0 Å². The normalized spacial score (nSPS) is 20.9. The van der Waals surface area contributed by atoms with Crippen LogP contribution in [-0.4, -0.2) is 51.3 Å². The van der Waals surface area contributed by atoms with E-state index >= 15 is 0 Å². The van der Waals surface area contributed by atoms with E-state index in [4.69, 9.17) is 9.47 Å². The molecule has 0 heterocycles. The van der Waals surface area contributed by atoms with Crippen molar-refractivity contribution in [3.05, 3.63) is 87.5 Å². The lowest BCUT2D eigenvalue weighted by Crippen LogP contribution is -2.25. The first-order valence-electron chi connectivity index (χ1n) is 14.4. The van der Waals surface area contributed by atoms with Gasteiger partial charge in [0, 0.05) is 6.42 Å². The van der Waals surface area contributed by atoms with Crippen molar-refractivity contribution in [2.75, 3.05) is 6.61 Å². The largest absolute Gasteiger partial charge is 0.491 e. The van der Waals surface area contributed by atoms with Crippen LogP contribution in [0.2, 0.25) is 0 Å². The van der Waals surface area contributed by atoms with Gasteiger partial charge < -0.3 is 29.6 Å². The third-order valence-corrected chi connectivity index (χ3v) is 7.54. The Morgan fingerprint density at radius 1 is 1.05 bits per heavy atom. The molecular formula is C31H38F3NO9. The van der Waals surface area contributed by atoms with Crippen molar-refractivity contribution in [1.82, 2.24) is 0 Å². The molecule has 0 unspecified atom stereocenters. The molecule has 242 valence electrons. The van der Waals surface area contributed by atoms with Crippen molar-refractivity contribution >= 4 is 5.97 Å². The number of hydrogen-bond acceptors (Lipinski definition) is 9. The van der Waals surface area contributed by atoms with Gasteiger partial charge in [-0.2, -0.15) is 13.2 Å². The van der Waals surface area contributed by atoms with Gasteiger partial charge in [-0.25, -0.2) is 0 Å². The van der Waals surface area contributed by atoms with Crippen molar-refractivity contribution in [1.29, 1.82) is 0 Å². The van der Waals surface area contributed by atoms with Crippen molar-refractivity contribution in [2.24, 2.45) is 11.8 Å². The minimum atomic E-state index is -4.50. The molecule has 1 aliphatic carbocycles. The van der Waals surface area contributed by atoms with Gasteiger partial charge in [0.2, 0.25) is 0 Å². The third kappa shape index (κ3) is 11.8. The molecule has 44 heavy (non-hydrogen) atoms. The highest BCUT2D eigenvalue weighted by molar-refractivity contribution is 5.69. The van der Waals surface area contributed by atoms with Crippen molar-refractivity contribution in [3.8, 4) is 5.75 Å². The Labute approximate surface area is 253 Å². The van der Waals surface area contributed by atoms with E-state index in [2.05, 4.69) is 4.84 Å². The predicted octanol–water partition coefficient (Wildman–Crippen LogP) is 5.15. The number of benzene rings is 2. The molecule has 3 N–H and O–H groups in total. The highest BCUT2D eigenvalue weighted by Gasteiger charge is 2.40. The van der Waals surface area contributed by atoms with E-state index in [1.54, 1.807) is 24.3 Å². The van der Waals surface area contributed by atoms with E-state index in [1.807, 2.05) is 12.2 Å². The highest BCUT2D eigenvalue weighted by atomic mass is 19.4. The average molecular weight is 626 g/mol. The van der Waals surface area contributed by atoms with Gasteiger partial charge >= 0.3 is 12.1 Å². The van der Waals surface area contributed by atoms with Crippen molar-refractivity contribution in [3.63, 3.8) is 0 Å². The summed E-state index contributed by atoms with van der Waals surface area (Å²) < 4.78 is 49.3. The summed E-state index contributed by atoms with van der Waals surface area (Å²) in [6.07, 6.45) is -0.312. The number of hydrogen-bond donors (Lipinski definition) is 3. The zero-order valence-electron chi connectivity index (χ0n) is 24.1. The molecule has 1 fully saturated rings. The standard InChI is InChI=1S/C31H38F3NO9/c32-31(33,34)23-6-5-7-25(16-23)42-20-24(36)14-15-27-26(28(37)17-29(27)38)8-3-1-2-4-9-30(39)43-18-21-10-12-22(13-11-21)19-44-35(40)41/h1,3,5-7,10-13,16,24,26-29,36-38H,2,4,8-9,14-15,17-20H2/b3-1-/t24-,26-,27-,28+,29-/m1/s1. The minimum absolute atomic E-state index is 0.000979. The molecule has 13 heteroatoms. The van der Waals surface area contributed by atoms with E-state index in [-0.39, 0.29) is 62.6 Å². The van der Waals surface area contributed by atoms with Gasteiger partial charge in [0.05, 0.1) is 23.9 Å². The van der Waals surface area contributed by atoms with Gasteiger partial charge in [-0.05, 0) is 79.7 Å². The van der Waals surface area contributed by atoms with Crippen molar-refractivity contribution in [2.45, 2.75) is 82.6 Å². The van der Waals surface area contributed by atoms with Crippen LogP contribution in [0.15, 0.2) is 60.7 Å². The van der Waals surface area contributed by atoms with Gasteiger partial charge in [-0.3, -0.25) is 4.79 Å². The molecule has 3 rings (SSSR count). The zero-order valence-corrected chi connectivity index (χ0v) is 24.1. The summed E-state index contributed by atoms with van der Waals surface area (Å²) in [7, 11) is 0. The molecule has 10 nitrogen and oxygen atoms in total. The fourth-order valence-electron chi connectivity index (χ4n) is 5.16. The fraction of sp³-hybridized carbons (Fsp3) is 0.516. The van der Waals surface area contributed by atoms with Gasteiger partial charge in [0.25, 0.3) is 5.09 Å². The second-order valence-corrected chi connectivity index (χ2v) is 10.8. The van der Waals surface area contributed by atoms with E-state index in [0.717, 1.165) is 17.7 Å². The number of carbonyl (C=O) groups excluding carboxylic acids is 1. The van der Waals surface area contributed by atoms with Gasteiger partial charge in [0.15, 0.2) is 0 Å². The summed E-state index contributed by atoms with van der Waals surface area (Å²) in [5.41, 5.74) is 0.521. The second kappa shape index (κ2) is 17.0. The molecule has 0 amide bonds. The third-order valence-electron chi connectivity index (χ3n) is 7.54. The summed E-state index contributed by atoms with van der Waals surface area (Å²) in [5.74, 6) is -0.840. The lowest BCUT2D eigenvalue weighted by molar-refractivity contribution is -0.763. The number of rotatable bonds is 17. The van der Waals surface area contributed by atoms with Crippen LogP contribution < -0.4 is 4.74 Å². The number of ether oxygens (including phenoxy) is 2. The van der Waals surface area contributed by atoms with E-state index in [0.29, 0.717) is 31.2 Å². The molecule has 0 radical (unpaired) electrons. The maximum Gasteiger partial charge on any atom is 0.416 e. The van der Waals surface area contributed by atoms with Gasteiger partial charge in [-0.1, -0.05) is 42.5 Å². The Balaban J connectivity index is 1.33. The highest BCUT2D eigenvalue weighted by Crippen LogP contribution is 2.38. The summed E-state index contributed by atoms with van der Waals surface area (Å²) in [4.78, 5) is 26.6. The summed E-state index contributed by atoms with van der Waals surface area (Å²) >= 11 is 0. The fourth-order valence-corrected chi connectivity index (χ4v) is 5.16. The second-order valence-electron chi connectivity index (χ2n) is 10.8. The SMILES string of the molecule is O=C(CCC/C=C\C[C@@H]1[C@@H](CC[C@@H](O)COc2cccc(C(F)(F)F)c2)[C@H](O)C[C@@H]1O)OCc1ccc(CO[N+](=O)[O-])cc1. The molecular weight excluding hydrogens is 587 g/mol. The summed E-state index contributed by atoms with van der Waals surface area (Å²) in [5, 5.41) is 40.7. The summed E-state index contributed by atoms with van der Waals surface area (Å²) in [6, 6.07) is 11.1. The van der Waals surface area contributed by atoms with Crippen LogP contribution in [0.4, 0.5) is 13.2 Å². The van der Waals surface area contributed by atoms with E-state index < -0.39 is 35.1 Å². The Kier molecular flexibility index (Phi) is 13.4. The number of carbonyl (C=O) groups is 1. The number of nitrogens with zero attached hydrogens (tertiary/aromatic N) is 1. The molecule has 5 atom stereocenters. The molecule has 2 aromatic rings. The quantitative estimate of drug-likeness (QED) is 0.0713. The Morgan fingerprint density at radius 3 is 2.41 bits per heavy atom. The number of allylic oxidation sites excluding steroid dienone is 2. The smallest absolute Gasteiger partial charge is 0.416 e. The maximum absolute atomic E-state index is 12.9. The Morgan fingerprint density at radius 2 is 1.73 bits per heavy atom. The monoisotopic (exact) mass is 625 g/mol. The first kappa shape index (κ1) is 34.8. The van der Waals surface area contributed by atoms with Crippen LogP contribution in [0.5, 0.6) is 5.75 Å². The number of unbranched alkanes of at least 4 members (excludes halogenated alkanes) is 1. The lowest BCUT2D eigenvalue weighted by atomic mass is 9.86. The molecule has 0 aromatic heterocycles. The summed E-state index contributed by atoms with van der Waals surface area (Å²) in [6.45, 7) is -0.275. The Hall–Kier alpha value is -3.68. The van der Waals surface area contributed by atoms with Gasteiger partial charge in [0.1, 0.15) is 25.6 Å². The molecule has 0 bridgehead atoms. The maximum atomic E-state index is 12.9. The number of alkyl halides is 3. The van der Waals surface area contributed by atoms with Crippen LogP contribution in [0.3, 0.4) is 0 Å². The van der Waals surface area contributed by atoms with Crippen LogP contribution in [-0.2, 0) is 33.8 Å². The van der Waals surface area contributed by atoms with Gasteiger partial charge in [-0.15, -0.1) is 10.1 Å². The topological polar surface area (TPSA) is 149 Å². The molecule has 1 aliphatic rings. The number of aliphatic hydroxyl groups is 3. The zero-order chi connectivity index (χ0) is 32.1. The molecule has 2 aromatic carbocycles. The van der Waals surface area contributed by atoms with E-state index in [1.165, 1.54) is 12.1 Å². The first-order valence-corrected chi connectivity index (χ1v) is 14.4. The number of halogens is 3. The lowest BCUT2D eigenvalue weighted by Gasteiger charge is -2.23. The van der Waals surface area contributed by atoms with E-state index in [9.17, 15) is 43.4 Å². The number of esters is 1. The minimum Gasteiger partial charge on any atom is -0.491 e. The van der Waals surface area contributed by atoms with Crippen LogP contribution >= 0.6 is 0 Å². The molecule has 0 saturated heterocycles. The molecule has 0 spiro atoms. The average Bonchev–Trinajstić information content (AvgIpc) is 3.25. The van der Waals surface area contributed by atoms with Crippen molar-refractivity contribution < 1.29 is 52.7 Å². The molecule has 0 aliphatic heterocycles.